The standard InChI is InChI=1S/C17H15ClN2O4S2/c1-11(16(21)19-13-6-4-12(18)5-7-13)26(22,23)10-14-9-24-17(20-14)15-3-2-8-25-15/h2-9,11H,10H2,1H3,(H,19,21). The van der Waals surface area contributed by atoms with Crippen LogP contribution >= 0.6 is 22.9 Å². The third-order valence-electron chi connectivity index (χ3n) is 3.65. The first-order valence-corrected chi connectivity index (χ1v) is 10.6. The number of oxazole rings is 1. The van der Waals surface area contributed by atoms with Crippen LogP contribution in [0.4, 0.5) is 5.69 Å². The quantitative estimate of drug-likeness (QED) is 0.663. The minimum atomic E-state index is -3.75. The minimum absolute atomic E-state index is 0.263. The molecule has 1 aromatic carbocycles. The van der Waals surface area contributed by atoms with Crippen molar-refractivity contribution in [3.63, 3.8) is 0 Å². The average Bonchev–Trinajstić information content (AvgIpc) is 3.27. The molecule has 3 aromatic rings. The van der Waals surface area contributed by atoms with Crippen LogP contribution in [0, 0.1) is 0 Å². The van der Waals surface area contributed by atoms with E-state index in [-0.39, 0.29) is 11.4 Å². The Balaban J connectivity index is 1.68. The van der Waals surface area contributed by atoms with Gasteiger partial charge in [-0.1, -0.05) is 17.7 Å². The van der Waals surface area contributed by atoms with E-state index < -0.39 is 21.0 Å². The zero-order chi connectivity index (χ0) is 18.7. The topological polar surface area (TPSA) is 89.3 Å². The normalized spacial score (nSPS) is 12.7. The fourth-order valence-corrected chi connectivity index (χ4v) is 4.12. The minimum Gasteiger partial charge on any atom is -0.444 e. The summed E-state index contributed by atoms with van der Waals surface area (Å²) in [5.74, 6) is -0.630. The number of benzene rings is 1. The summed E-state index contributed by atoms with van der Waals surface area (Å²) in [4.78, 5) is 17.3. The van der Waals surface area contributed by atoms with Crippen molar-refractivity contribution < 1.29 is 17.6 Å². The van der Waals surface area contributed by atoms with Gasteiger partial charge in [0.1, 0.15) is 11.5 Å². The van der Waals surface area contributed by atoms with Gasteiger partial charge in [-0.25, -0.2) is 13.4 Å². The highest BCUT2D eigenvalue weighted by Crippen LogP contribution is 2.24. The van der Waals surface area contributed by atoms with Crippen molar-refractivity contribution in [2.75, 3.05) is 5.32 Å². The molecule has 2 heterocycles. The number of nitrogens with zero attached hydrogens (tertiary/aromatic N) is 1. The molecule has 6 nitrogen and oxygen atoms in total. The Morgan fingerprint density at radius 1 is 1.31 bits per heavy atom. The van der Waals surface area contributed by atoms with Gasteiger partial charge in [0.25, 0.3) is 0 Å². The second-order valence-corrected chi connectivity index (χ2v) is 9.27. The molecule has 1 atom stereocenters. The molecule has 136 valence electrons. The summed E-state index contributed by atoms with van der Waals surface area (Å²) < 4.78 is 30.4. The highest BCUT2D eigenvalue weighted by molar-refractivity contribution is 7.92. The molecule has 0 radical (unpaired) electrons. The maximum Gasteiger partial charge on any atom is 0.242 e. The van der Waals surface area contributed by atoms with E-state index in [9.17, 15) is 13.2 Å². The van der Waals surface area contributed by atoms with E-state index in [1.54, 1.807) is 24.3 Å². The fourth-order valence-electron chi connectivity index (χ4n) is 2.16. The monoisotopic (exact) mass is 410 g/mol. The maximum atomic E-state index is 12.5. The van der Waals surface area contributed by atoms with Crippen molar-refractivity contribution in [3.8, 4) is 10.8 Å². The molecule has 1 amide bonds. The Labute approximate surface area is 159 Å². The lowest BCUT2D eigenvalue weighted by atomic mass is 10.3. The molecule has 0 aliphatic rings. The SMILES string of the molecule is CC(C(=O)Nc1ccc(Cl)cc1)S(=O)(=O)Cc1coc(-c2cccs2)n1. The van der Waals surface area contributed by atoms with Crippen LogP contribution in [0.25, 0.3) is 10.8 Å². The first-order valence-electron chi connectivity index (χ1n) is 7.61. The number of nitrogens with one attached hydrogen (secondary N) is 1. The molecule has 1 N–H and O–H groups in total. The van der Waals surface area contributed by atoms with Crippen molar-refractivity contribution in [2.45, 2.75) is 17.9 Å². The number of anilines is 1. The van der Waals surface area contributed by atoms with Gasteiger partial charge in [-0.05, 0) is 42.6 Å². The van der Waals surface area contributed by atoms with E-state index in [0.717, 1.165) is 4.88 Å². The van der Waals surface area contributed by atoms with Crippen molar-refractivity contribution in [1.29, 1.82) is 0 Å². The van der Waals surface area contributed by atoms with Gasteiger partial charge in [-0.2, -0.15) is 0 Å². The number of halogens is 1. The molecule has 0 aliphatic heterocycles. The Morgan fingerprint density at radius 3 is 2.69 bits per heavy atom. The Bertz CT molecular complexity index is 996. The van der Waals surface area contributed by atoms with Crippen molar-refractivity contribution in [1.82, 2.24) is 4.98 Å². The lowest BCUT2D eigenvalue weighted by Crippen LogP contribution is -2.33. The number of sulfone groups is 1. The summed E-state index contributed by atoms with van der Waals surface area (Å²) in [5.41, 5.74) is 0.738. The Hall–Kier alpha value is -2.16. The number of hydrogen-bond donors (Lipinski definition) is 1. The molecule has 0 spiro atoms. The molecule has 1 unspecified atom stereocenters. The lowest BCUT2D eigenvalue weighted by molar-refractivity contribution is -0.115. The van der Waals surface area contributed by atoms with Gasteiger partial charge in [0.05, 0.1) is 16.3 Å². The highest BCUT2D eigenvalue weighted by atomic mass is 35.5. The molecule has 0 fully saturated rings. The van der Waals surface area contributed by atoms with E-state index in [2.05, 4.69) is 10.3 Å². The molecule has 0 aliphatic carbocycles. The second kappa shape index (κ2) is 7.61. The summed E-state index contributed by atoms with van der Waals surface area (Å²) in [5, 5.41) is 3.73. The number of thiophene rings is 1. The van der Waals surface area contributed by atoms with Gasteiger partial charge in [0.2, 0.25) is 11.8 Å². The molecule has 2 aromatic heterocycles. The number of carbonyl (C=O) groups excluding carboxylic acids is 1. The van der Waals surface area contributed by atoms with E-state index in [1.165, 1.54) is 24.5 Å². The summed E-state index contributed by atoms with van der Waals surface area (Å²) in [6.07, 6.45) is 1.30. The summed E-state index contributed by atoms with van der Waals surface area (Å²) in [7, 11) is -3.75. The van der Waals surface area contributed by atoms with Crippen molar-refractivity contribution in [3.05, 3.63) is 58.8 Å². The van der Waals surface area contributed by atoms with Gasteiger partial charge in [-0.15, -0.1) is 11.3 Å². The van der Waals surface area contributed by atoms with Gasteiger partial charge in [0, 0.05) is 10.7 Å². The van der Waals surface area contributed by atoms with Crippen LogP contribution < -0.4 is 5.32 Å². The molecule has 0 bridgehead atoms. The third-order valence-corrected chi connectivity index (χ3v) is 6.75. The molecule has 3 rings (SSSR count). The van der Waals surface area contributed by atoms with Crippen molar-refractivity contribution in [2.24, 2.45) is 0 Å². The number of amides is 1. The molecular formula is C17H15ClN2O4S2. The summed E-state index contributed by atoms with van der Waals surface area (Å²) >= 11 is 7.23. The van der Waals surface area contributed by atoms with E-state index in [0.29, 0.717) is 16.6 Å². The predicted molar refractivity (Wildman–Crippen MR) is 102 cm³/mol. The lowest BCUT2D eigenvalue weighted by Gasteiger charge is -2.12. The first-order chi connectivity index (χ1) is 12.3. The Morgan fingerprint density at radius 2 is 2.04 bits per heavy atom. The molecule has 9 heteroatoms. The average molecular weight is 411 g/mol. The van der Waals surface area contributed by atoms with Crippen LogP contribution in [-0.2, 0) is 20.4 Å². The maximum absolute atomic E-state index is 12.5. The van der Waals surface area contributed by atoms with E-state index in [1.807, 2.05) is 17.5 Å². The molecule has 26 heavy (non-hydrogen) atoms. The molecule has 0 saturated carbocycles. The number of hydrogen-bond acceptors (Lipinski definition) is 6. The number of carbonyl (C=O) groups is 1. The van der Waals surface area contributed by atoms with Crippen LogP contribution in [-0.4, -0.2) is 24.6 Å². The fraction of sp³-hybridized carbons (Fsp3) is 0.176. The largest absolute Gasteiger partial charge is 0.444 e. The summed E-state index contributed by atoms with van der Waals surface area (Å²) in [6, 6.07) is 10.1. The molecule has 0 saturated heterocycles. The Kier molecular flexibility index (Phi) is 5.45. The molecular weight excluding hydrogens is 396 g/mol. The van der Waals surface area contributed by atoms with E-state index >= 15 is 0 Å². The van der Waals surface area contributed by atoms with Crippen LogP contribution in [0.3, 0.4) is 0 Å². The predicted octanol–water partition coefficient (Wildman–Crippen LogP) is 4.00. The first kappa shape index (κ1) is 18.6. The van der Waals surface area contributed by atoms with Crippen molar-refractivity contribution >= 4 is 44.4 Å². The van der Waals surface area contributed by atoms with E-state index in [4.69, 9.17) is 16.0 Å². The van der Waals surface area contributed by atoms with Gasteiger partial charge >= 0.3 is 0 Å². The van der Waals surface area contributed by atoms with Crippen LogP contribution in [0.15, 0.2) is 52.5 Å². The highest BCUT2D eigenvalue weighted by Gasteiger charge is 2.29. The third kappa shape index (κ3) is 4.32. The smallest absolute Gasteiger partial charge is 0.242 e. The number of rotatable bonds is 6. The zero-order valence-electron chi connectivity index (χ0n) is 13.7. The van der Waals surface area contributed by atoms with Gasteiger partial charge < -0.3 is 9.73 Å². The summed E-state index contributed by atoms with van der Waals surface area (Å²) in [6.45, 7) is 1.35. The zero-order valence-corrected chi connectivity index (χ0v) is 16.1. The van der Waals surface area contributed by atoms with Crippen LogP contribution in [0.1, 0.15) is 12.6 Å². The number of aromatic nitrogens is 1. The second-order valence-electron chi connectivity index (χ2n) is 5.57. The van der Waals surface area contributed by atoms with Crippen LogP contribution in [0.5, 0.6) is 0 Å². The van der Waals surface area contributed by atoms with Crippen LogP contribution in [0.2, 0.25) is 5.02 Å². The van der Waals surface area contributed by atoms with Gasteiger partial charge in [-0.3, -0.25) is 4.79 Å². The van der Waals surface area contributed by atoms with Gasteiger partial charge in [0.15, 0.2) is 9.84 Å².